The van der Waals surface area contributed by atoms with Crippen LogP contribution in [0, 0.1) is 0 Å². The zero-order valence-electron chi connectivity index (χ0n) is 14.5. The van der Waals surface area contributed by atoms with Crippen molar-refractivity contribution in [3.05, 3.63) is 34.3 Å². The highest BCUT2D eigenvalue weighted by atomic mass is 79.9. The predicted octanol–water partition coefficient (Wildman–Crippen LogP) is 3.92. The van der Waals surface area contributed by atoms with Gasteiger partial charge in [0.1, 0.15) is 6.73 Å². The maximum atomic E-state index is 12.6. The number of urea groups is 1. The average molecular weight is 413 g/mol. The van der Waals surface area contributed by atoms with Gasteiger partial charge in [0, 0.05) is 38.7 Å². The molecule has 1 fully saturated rings. The van der Waals surface area contributed by atoms with E-state index in [0.717, 1.165) is 16.1 Å². The monoisotopic (exact) mass is 412 g/mol. The number of nitrogens with zero attached hydrogens (tertiary/aromatic N) is 2. The summed E-state index contributed by atoms with van der Waals surface area (Å²) in [7, 11) is -1.18. The number of halogens is 1. The first-order valence-electron chi connectivity index (χ1n) is 8.18. The lowest BCUT2D eigenvalue weighted by Crippen LogP contribution is -2.52. The lowest BCUT2D eigenvalue weighted by molar-refractivity contribution is -0.135. The van der Waals surface area contributed by atoms with Crippen LogP contribution in [0.2, 0.25) is 25.7 Å². The molecular weight excluding hydrogens is 388 g/mol. The molecule has 2 rings (SSSR count). The minimum atomic E-state index is -1.18. The Balaban J connectivity index is 1.91. The molecule has 0 radical (unpaired) electrons. The van der Waals surface area contributed by atoms with E-state index < -0.39 is 8.07 Å². The maximum Gasteiger partial charge on any atom is 0.328 e. The Morgan fingerprint density at radius 1 is 1.25 bits per heavy atom. The molecule has 7 heteroatoms. The Morgan fingerprint density at radius 2 is 2.00 bits per heavy atom. The molecule has 0 N–H and O–H groups in total. The third kappa shape index (κ3) is 5.72. The van der Waals surface area contributed by atoms with Crippen molar-refractivity contribution in [1.29, 1.82) is 0 Å². The summed E-state index contributed by atoms with van der Waals surface area (Å²) in [5.41, 5.74) is 1.03. The van der Waals surface area contributed by atoms with E-state index in [4.69, 9.17) is 4.74 Å². The van der Waals surface area contributed by atoms with Gasteiger partial charge in [-0.05, 0) is 23.7 Å². The Morgan fingerprint density at radius 3 is 2.67 bits per heavy atom. The summed E-state index contributed by atoms with van der Waals surface area (Å²) in [6.07, 6.45) is 0.344. The Bertz CT molecular complexity index is 604. The van der Waals surface area contributed by atoms with E-state index in [-0.39, 0.29) is 18.7 Å². The molecule has 0 unspecified atom stereocenters. The van der Waals surface area contributed by atoms with E-state index in [1.54, 1.807) is 4.90 Å². The van der Waals surface area contributed by atoms with Gasteiger partial charge in [-0.2, -0.15) is 0 Å². The van der Waals surface area contributed by atoms with Crippen molar-refractivity contribution in [2.45, 2.75) is 38.7 Å². The van der Waals surface area contributed by atoms with Gasteiger partial charge >= 0.3 is 6.03 Å². The highest BCUT2D eigenvalue weighted by Gasteiger charge is 2.32. The van der Waals surface area contributed by atoms with Gasteiger partial charge in [-0.25, -0.2) is 9.69 Å². The van der Waals surface area contributed by atoms with Crippen molar-refractivity contribution < 1.29 is 14.3 Å². The topological polar surface area (TPSA) is 49.9 Å². The van der Waals surface area contributed by atoms with Gasteiger partial charge in [0.15, 0.2) is 0 Å². The highest BCUT2D eigenvalue weighted by Crippen LogP contribution is 2.18. The van der Waals surface area contributed by atoms with E-state index in [1.165, 1.54) is 4.90 Å². The number of ether oxygens (including phenoxy) is 1. The summed E-state index contributed by atoms with van der Waals surface area (Å²) in [6, 6.07) is 8.60. The molecule has 3 amide bonds. The van der Waals surface area contributed by atoms with Crippen molar-refractivity contribution >= 4 is 35.9 Å². The summed E-state index contributed by atoms with van der Waals surface area (Å²) in [6.45, 7) is 8.41. The van der Waals surface area contributed by atoms with Gasteiger partial charge in [0.2, 0.25) is 5.91 Å². The molecule has 132 valence electrons. The van der Waals surface area contributed by atoms with Crippen LogP contribution in [0.3, 0.4) is 0 Å². The predicted molar refractivity (Wildman–Crippen MR) is 100 cm³/mol. The molecule has 0 saturated carbocycles. The first kappa shape index (κ1) is 19.1. The molecule has 5 nitrogen and oxygen atoms in total. The molecule has 1 aromatic rings. The maximum absolute atomic E-state index is 12.6. The molecule has 0 spiro atoms. The number of hydrogen-bond acceptors (Lipinski definition) is 3. The molecule has 1 aliphatic rings. The number of benzene rings is 1. The summed E-state index contributed by atoms with van der Waals surface area (Å²) < 4.78 is 6.57. The Labute approximate surface area is 153 Å². The third-order valence-corrected chi connectivity index (χ3v) is 6.07. The second-order valence-electron chi connectivity index (χ2n) is 7.25. The number of imide groups is 1. The van der Waals surface area contributed by atoms with E-state index in [9.17, 15) is 9.59 Å². The Kier molecular flexibility index (Phi) is 6.60. The van der Waals surface area contributed by atoms with Crippen LogP contribution in [0.1, 0.15) is 12.0 Å². The van der Waals surface area contributed by atoms with Gasteiger partial charge < -0.3 is 9.64 Å². The summed E-state index contributed by atoms with van der Waals surface area (Å²) in [5, 5.41) is 0. The molecule has 0 aliphatic carbocycles. The standard InChI is InChI=1S/C17H25BrN2O3Si/c1-24(2,3)10-9-23-13-20-16(21)7-8-19(17(20)22)12-14-5-4-6-15(18)11-14/h4-6,11H,7-10,12-13H2,1-3H3. The average Bonchev–Trinajstić information content (AvgIpc) is 2.48. The Hall–Kier alpha value is -1.18. The fourth-order valence-corrected chi connectivity index (χ4v) is 3.61. The summed E-state index contributed by atoms with van der Waals surface area (Å²) in [4.78, 5) is 27.5. The molecule has 24 heavy (non-hydrogen) atoms. The lowest BCUT2D eigenvalue weighted by Gasteiger charge is -2.34. The summed E-state index contributed by atoms with van der Waals surface area (Å²) in [5.74, 6) is -0.154. The second-order valence-corrected chi connectivity index (χ2v) is 13.8. The first-order chi connectivity index (χ1) is 11.3. The van der Waals surface area contributed by atoms with E-state index >= 15 is 0 Å². The highest BCUT2D eigenvalue weighted by molar-refractivity contribution is 9.10. The number of carbonyl (C=O) groups excluding carboxylic acids is 2. The van der Waals surface area contributed by atoms with Crippen molar-refractivity contribution in [2.24, 2.45) is 0 Å². The number of hydrogen-bond donors (Lipinski definition) is 0. The molecule has 1 saturated heterocycles. The zero-order valence-corrected chi connectivity index (χ0v) is 17.1. The fraction of sp³-hybridized carbons (Fsp3) is 0.529. The third-order valence-electron chi connectivity index (χ3n) is 3.88. The van der Waals surface area contributed by atoms with Crippen molar-refractivity contribution in [1.82, 2.24) is 9.80 Å². The fourth-order valence-electron chi connectivity index (χ4n) is 2.40. The van der Waals surface area contributed by atoms with Crippen LogP contribution in [0.25, 0.3) is 0 Å². The minimum Gasteiger partial charge on any atom is -0.361 e. The normalized spacial score (nSPS) is 16.0. The largest absolute Gasteiger partial charge is 0.361 e. The van der Waals surface area contributed by atoms with Crippen molar-refractivity contribution in [3.8, 4) is 0 Å². The molecule has 1 heterocycles. The van der Waals surface area contributed by atoms with Crippen LogP contribution in [-0.4, -0.2) is 49.7 Å². The van der Waals surface area contributed by atoms with E-state index in [0.29, 0.717) is 26.1 Å². The van der Waals surface area contributed by atoms with Gasteiger partial charge in [-0.1, -0.05) is 47.7 Å². The van der Waals surface area contributed by atoms with Crippen LogP contribution in [-0.2, 0) is 16.1 Å². The van der Waals surface area contributed by atoms with Crippen LogP contribution >= 0.6 is 15.9 Å². The number of rotatable bonds is 7. The van der Waals surface area contributed by atoms with E-state index in [1.807, 2.05) is 24.3 Å². The molecule has 0 bridgehead atoms. The van der Waals surface area contributed by atoms with E-state index in [2.05, 4.69) is 35.6 Å². The van der Waals surface area contributed by atoms with Crippen LogP contribution in [0.15, 0.2) is 28.7 Å². The molecule has 0 atom stereocenters. The lowest BCUT2D eigenvalue weighted by atomic mass is 10.2. The van der Waals surface area contributed by atoms with Crippen molar-refractivity contribution in [2.75, 3.05) is 19.9 Å². The first-order valence-corrected chi connectivity index (χ1v) is 12.7. The van der Waals surface area contributed by atoms with Crippen LogP contribution in [0.4, 0.5) is 4.79 Å². The van der Waals surface area contributed by atoms with Crippen LogP contribution < -0.4 is 0 Å². The molecule has 1 aliphatic heterocycles. The zero-order chi connectivity index (χ0) is 17.7. The quantitative estimate of drug-likeness (QED) is 0.503. The smallest absolute Gasteiger partial charge is 0.328 e. The number of carbonyl (C=O) groups is 2. The molecule has 1 aromatic carbocycles. The SMILES string of the molecule is C[Si](C)(C)CCOCN1C(=O)CCN(Cc2cccc(Br)c2)C1=O. The van der Waals surface area contributed by atoms with Gasteiger partial charge in [-0.3, -0.25) is 4.79 Å². The second kappa shape index (κ2) is 8.27. The minimum absolute atomic E-state index is 0.0527. The van der Waals surface area contributed by atoms with Gasteiger partial charge in [0.05, 0.1) is 0 Å². The molecular formula is C17H25BrN2O3Si. The van der Waals surface area contributed by atoms with Gasteiger partial charge in [-0.15, -0.1) is 0 Å². The van der Waals surface area contributed by atoms with Gasteiger partial charge in [0.25, 0.3) is 0 Å². The van der Waals surface area contributed by atoms with Crippen molar-refractivity contribution in [3.63, 3.8) is 0 Å². The number of amides is 3. The summed E-state index contributed by atoms with van der Waals surface area (Å²) >= 11 is 3.44. The van der Waals surface area contributed by atoms with Crippen LogP contribution in [0.5, 0.6) is 0 Å². The molecule has 0 aromatic heterocycles.